The third kappa shape index (κ3) is 7.34. The van der Waals surface area contributed by atoms with Crippen LogP contribution >= 0.6 is 0 Å². The molecule has 1 heterocycles. The van der Waals surface area contributed by atoms with Gasteiger partial charge in [0.05, 0.1) is 0 Å². The highest BCUT2D eigenvalue weighted by Crippen LogP contribution is 2.20. The summed E-state index contributed by atoms with van der Waals surface area (Å²) in [6.07, 6.45) is 0. The number of carbonyl (C=O) groups excluding carboxylic acids is 3. The van der Waals surface area contributed by atoms with Crippen molar-refractivity contribution in [1.29, 1.82) is 0 Å². The molecule has 1 aromatic rings. The number of piperazine rings is 1. The minimum Gasteiger partial charge on any atom is -0.368 e. The average Bonchev–Trinajstić information content (AvgIpc) is 2.72. The van der Waals surface area contributed by atoms with E-state index in [1.165, 1.54) is 4.90 Å². The van der Waals surface area contributed by atoms with Crippen LogP contribution in [0, 0.1) is 0 Å². The van der Waals surface area contributed by atoms with E-state index < -0.39 is 0 Å². The topological polar surface area (TPSA) is 97.0 Å². The monoisotopic (exact) mass is 432 g/mol. The standard InChI is InChI=1S/C22H36N6O3/c1-6-23-21(30)28(17(4)5)15-20(29)25-18-7-9-19(10-8-18)26-11-13-27(14-12-26)22(31)24-16(2)3/h7-10,16-17H,6,11-15H2,1-5H3,(H,23,30)(H,24,31)(H,25,29). The van der Waals surface area contributed by atoms with Gasteiger partial charge in [-0.25, -0.2) is 9.59 Å². The van der Waals surface area contributed by atoms with Crippen LogP contribution in [0.5, 0.6) is 0 Å². The number of hydrogen-bond acceptors (Lipinski definition) is 4. The molecule has 3 N–H and O–H groups in total. The molecule has 1 saturated heterocycles. The van der Waals surface area contributed by atoms with Gasteiger partial charge in [-0.15, -0.1) is 0 Å². The van der Waals surface area contributed by atoms with Crippen LogP contribution in [0.15, 0.2) is 24.3 Å². The SMILES string of the molecule is CCNC(=O)N(CC(=O)Nc1ccc(N2CCN(C(=O)NC(C)C)CC2)cc1)C(C)C. The summed E-state index contributed by atoms with van der Waals surface area (Å²) in [6, 6.07) is 7.42. The third-order valence-corrected chi connectivity index (χ3v) is 5.02. The van der Waals surface area contributed by atoms with Crippen LogP contribution < -0.4 is 20.9 Å². The number of rotatable bonds is 7. The van der Waals surface area contributed by atoms with Gasteiger partial charge in [0.2, 0.25) is 5.91 Å². The first-order chi connectivity index (χ1) is 14.7. The summed E-state index contributed by atoms with van der Waals surface area (Å²) in [5.41, 5.74) is 1.73. The van der Waals surface area contributed by atoms with Crippen LogP contribution in [0.3, 0.4) is 0 Å². The molecule has 9 heteroatoms. The predicted octanol–water partition coefficient (Wildman–Crippen LogP) is 2.31. The van der Waals surface area contributed by atoms with Gasteiger partial charge in [-0.2, -0.15) is 0 Å². The fourth-order valence-corrected chi connectivity index (χ4v) is 3.36. The molecule has 0 atom stereocenters. The Morgan fingerprint density at radius 1 is 1.00 bits per heavy atom. The first-order valence-corrected chi connectivity index (χ1v) is 11.0. The molecule has 1 fully saturated rings. The van der Waals surface area contributed by atoms with Crippen molar-refractivity contribution in [3.8, 4) is 0 Å². The molecule has 1 aromatic carbocycles. The van der Waals surface area contributed by atoms with Crippen LogP contribution in [0.4, 0.5) is 21.0 Å². The lowest BCUT2D eigenvalue weighted by Gasteiger charge is -2.36. The summed E-state index contributed by atoms with van der Waals surface area (Å²) >= 11 is 0. The summed E-state index contributed by atoms with van der Waals surface area (Å²) in [5, 5.41) is 8.51. The number of nitrogens with one attached hydrogen (secondary N) is 3. The first kappa shape index (κ1) is 24.3. The van der Waals surface area contributed by atoms with Gasteiger partial charge in [0.1, 0.15) is 6.54 Å². The van der Waals surface area contributed by atoms with E-state index in [1.807, 2.05) is 63.8 Å². The fourth-order valence-electron chi connectivity index (χ4n) is 3.36. The van der Waals surface area contributed by atoms with E-state index in [1.54, 1.807) is 0 Å². The van der Waals surface area contributed by atoms with Crippen molar-refractivity contribution in [3.05, 3.63) is 24.3 Å². The van der Waals surface area contributed by atoms with Crippen molar-refractivity contribution in [3.63, 3.8) is 0 Å². The Bertz CT molecular complexity index is 742. The molecule has 2 rings (SSSR count). The van der Waals surface area contributed by atoms with Gasteiger partial charge in [0, 0.05) is 56.2 Å². The molecule has 1 aliphatic heterocycles. The molecule has 0 saturated carbocycles. The van der Waals surface area contributed by atoms with Crippen molar-refractivity contribution in [1.82, 2.24) is 20.4 Å². The molecular formula is C22H36N6O3. The van der Waals surface area contributed by atoms with Crippen LogP contribution in [-0.4, -0.2) is 79.1 Å². The third-order valence-electron chi connectivity index (χ3n) is 5.02. The molecule has 5 amide bonds. The zero-order chi connectivity index (χ0) is 23.0. The van der Waals surface area contributed by atoms with Gasteiger partial charge in [-0.05, 0) is 58.9 Å². The van der Waals surface area contributed by atoms with Crippen molar-refractivity contribution in [2.45, 2.75) is 46.7 Å². The molecule has 172 valence electrons. The molecule has 0 aromatic heterocycles. The van der Waals surface area contributed by atoms with Gasteiger partial charge in [0.25, 0.3) is 0 Å². The van der Waals surface area contributed by atoms with Crippen molar-refractivity contribution >= 4 is 29.3 Å². The van der Waals surface area contributed by atoms with E-state index in [-0.39, 0.29) is 36.6 Å². The van der Waals surface area contributed by atoms with Gasteiger partial charge in [-0.1, -0.05) is 0 Å². The zero-order valence-corrected chi connectivity index (χ0v) is 19.3. The molecule has 31 heavy (non-hydrogen) atoms. The molecule has 9 nitrogen and oxygen atoms in total. The number of carbonyl (C=O) groups is 3. The Balaban J connectivity index is 1.87. The minimum absolute atomic E-state index is 0.00828. The smallest absolute Gasteiger partial charge is 0.318 e. The van der Waals surface area contributed by atoms with Gasteiger partial charge >= 0.3 is 12.1 Å². The highest BCUT2D eigenvalue weighted by atomic mass is 16.2. The van der Waals surface area contributed by atoms with Crippen molar-refractivity contribution in [2.75, 3.05) is 49.5 Å². The lowest BCUT2D eigenvalue weighted by Crippen LogP contribution is -2.52. The first-order valence-electron chi connectivity index (χ1n) is 11.0. The number of benzene rings is 1. The lowest BCUT2D eigenvalue weighted by molar-refractivity contribution is -0.117. The summed E-state index contributed by atoms with van der Waals surface area (Å²) in [7, 11) is 0. The van der Waals surface area contributed by atoms with E-state index in [2.05, 4.69) is 20.9 Å². The molecule has 0 radical (unpaired) electrons. The minimum atomic E-state index is -0.246. The maximum absolute atomic E-state index is 12.4. The summed E-state index contributed by atoms with van der Waals surface area (Å²) in [5.74, 6) is -0.238. The van der Waals surface area contributed by atoms with Crippen LogP contribution in [0.25, 0.3) is 0 Å². The molecule has 1 aliphatic rings. The Labute approximate surface area is 185 Å². The molecule has 0 bridgehead atoms. The lowest BCUT2D eigenvalue weighted by atomic mass is 10.2. The Morgan fingerprint density at radius 3 is 2.13 bits per heavy atom. The van der Waals surface area contributed by atoms with Crippen molar-refractivity contribution in [2.24, 2.45) is 0 Å². The zero-order valence-electron chi connectivity index (χ0n) is 19.3. The van der Waals surface area contributed by atoms with Crippen molar-refractivity contribution < 1.29 is 14.4 Å². The van der Waals surface area contributed by atoms with Crippen LogP contribution in [-0.2, 0) is 4.79 Å². The second-order valence-electron chi connectivity index (χ2n) is 8.23. The summed E-state index contributed by atoms with van der Waals surface area (Å²) < 4.78 is 0. The molecule has 0 spiro atoms. The van der Waals surface area contributed by atoms with Crippen LogP contribution in [0.1, 0.15) is 34.6 Å². The van der Waals surface area contributed by atoms with Gasteiger partial charge < -0.3 is 30.7 Å². The fraction of sp³-hybridized carbons (Fsp3) is 0.591. The van der Waals surface area contributed by atoms with E-state index >= 15 is 0 Å². The summed E-state index contributed by atoms with van der Waals surface area (Å²) in [6.45, 7) is 12.9. The number of hydrogen-bond donors (Lipinski definition) is 3. The van der Waals surface area contributed by atoms with Gasteiger partial charge in [0.15, 0.2) is 0 Å². The highest BCUT2D eigenvalue weighted by molar-refractivity contribution is 5.94. The normalized spacial score (nSPS) is 13.9. The van der Waals surface area contributed by atoms with E-state index in [0.717, 1.165) is 18.8 Å². The number of anilines is 2. The van der Waals surface area contributed by atoms with Gasteiger partial charge in [-0.3, -0.25) is 4.79 Å². The van der Waals surface area contributed by atoms with E-state index in [4.69, 9.17) is 0 Å². The molecule has 0 unspecified atom stereocenters. The molecular weight excluding hydrogens is 396 g/mol. The second kappa shape index (κ2) is 11.4. The summed E-state index contributed by atoms with van der Waals surface area (Å²) in [4.78, 5) is 42.2. The Morgan fingerprint density at radius 2 is 1.61 bits per heavy atom. The maximum Gasteiger partial charge on any atom is 0.318 e. The van der Waals surface area contributed by atoms with E-state index in [9.17, 15) is 14.4 Å². The van der Waals surface area contributed by atoms with Crippen LogP contribution in [0.2, 0.25) is 0 Å². The number of nitrogens with zero attached hydrogens (tertiary/aromatic N) is 3. The highest BCUT2D eigenvalue weighted by Gasteiger charge is 2.22. The quantitative estimate of drug-likeness (QED) is 0.616. The van der Waals surface area contributed by atoms with E-state index in [0.29, 0.717) is 25.3 Å². The average molecular weight is 433 g/mol. The Hall–Kier alpha value is -2.97. The predicted molar refractivity (Wildman–Crippen MR) is 123 cm³/mol. The maximum atomic E-state index is 12.4. The largest absolute Gasteiger partial charge is 0.368 e. The Kier molecular flexibility index (Phi) is 8.96. The second-order valence-corrected chi connectivity index (χ2v) is 8.23. The molecule has 0 aliphatic carbocycles. The number of urea groups is 2. The number of amides is 5.